The molecule has 3 rings (SSSR count). The first kappa shape index (κ1) is 11.8. The molecule has 2 fully saturated rings. The van der Waals surface area contributed by atoms with Gasteiger partial charge in [0.1, 0.15) is 0 Å². The van der Waals surface area contributed by atoms with Gasteiger partial charge in [0.25, 0.3) is 0 Å². The van der Waals surface area contributed by atoms with Crippen LogP contribution in [0.2, 0.25) is 0 Å². The van der Waals surface area contributed by atoms with Crippen LogP contribution < -0.4 is 9.64 Å². The number of aromatic nitrogens is 1. The lowest BCUT2D eigenvalue weighted by atomic mass is 10.0. The Kier molecular flexibility index (Phi) is 3.39. The van der Waals surface area contributed by atoms with E-state index < -0.39 is 0 Å². The second-order valence-corrected chi connectivity index (χ2v) is 5.42. The zero-order chi connectivity index (χ0) is 12.4. The van der Waals surface area contributed by atoms with Crippen LogP contribution >= 0.6 is 0 Å². The van der Waals surface area contributed by atoms with E-state index in [2.05, 4.69) is 28.9 Å². The Morgan fingerprint density at radius 1 is 1.28 bits per heavy atom. The highest BCUT2D eigenvalue weighted by Crippen LogP contribution is 2.39. The number of rotatable bonds is 4. The maximum absolute atomic E-state index is 5.64. The van der Waals surface area contributed by atoms with Gasteiger partial charge in [0.05, 0.1) is 6.61 Å². The number of anilines is 1. The maximum Gasteiger partial charge on any atom is 0.215 e. The van der Waals surface area contributed by atoms with E-state index in [1.165, 1.54) is 37.8 Å². The van der Waals surface area contributed by atoms with Crippen molar-refractivity contribution in [2.75, 3.05) is 11.5 Å². The van der Waals surface area contributed by atoms with Crippen LogP contribution in [0.5, 0.6) is 5.88 Å². The number of hydrogen-bond acceptors (Lipinski definition) is 3. The van der Waals surface area contributed by atoms with Gasteiger partial charge in [-0.25, -0.2) is 4.98 Å². The molecule has 98 valence electrons. The number of piperidine rings is 1. The van der Waals surface area contributed by atoms with Crippen molar-refractivity contribution in [3.8, 4) is 5.88 Å². The van der Waals surface area contributed by atoms with Crippen molar-refractivity contribution in [3.63, 3.8) is 0 Å². The molecule has 0 saturated carbocycles. The van der Waals surface area contributed by atoms with E-state index >= 15 is 0 Å². The van der Waals surface area contributed by atoms with E-state index in [4.69, 9.17) is 4.74 Å². The van der Waals surface area contributed by atoms with Crippen molar-refractivity contribution in [2.24, 2.45) is 0 Å². The lowest BCUT2D eigenvalue weighted by molar-refractivity contribution is 0.305. The number of fused-ring (bicyclic) bond motifs is 2. The zero-order valence-corrected chi connectivity index (χ0v) is 11.1. The van der Waals surface area contributed by atoms with E-state index in [0.29, 0.717) is 0 Å². The molecule has 3 heteroatoms. The smallest absolute Gasteiger partial charge is 0.215 e. The highest BCUT2D eigenvalue weighted by Gasteiger charge is 2.36. The summed E-state index contributed by atoms with van der Waals surface area (Å²) in [6.45, 7) is 2.87. The normalized spacial score (nSPS) is 26.4. The number of hydrogen-bond donors (Lipinski definition) is 0. The summed E-state index contributed by atoms with van der Waals surface area (Å²) in [6.07, 6.45) is 9.73. The Morgan fingerprint density at radius 3 is 2.78 bits per heavy atom. The van der Waals surface area contributed by atoms with Crippen molar-refractivity contribution in [3.05, 3.63) is 18.3 Å². The summed E-state index contributed by atoms with van der Waals surface area (Å²) < 4.78 is 5.64. The van der Waals surface area contributed by atoms with Crippen LogP contribution in [0.4, 0.5) is 5.69 Å². The molecular weight excluding hydrogens is 224 g/mol. The van der Waals surface area contributed by atoms with Crippen LogP contribution in [-0.2, 0) is 0 Å². The molecule has 3 nitrogen and oxygen atoms in total. The fraction of sp³-hybridized carbons (Fsp3) is 0.667. The predicted octanol–water partition coefficient (Wildman–Crippen LogP) is 3.39. The lowest BCUT2D eigenvalue weighted by Crippen LogP contribution is -2.39. The summed E-state index contributed by atoms with van der Waals surface area (Å²) in [5.41, 5.74) is 1.31. The lowest BCUT2D eigenvalue weighted by Gasteiger charge is -2.36. The standard InChI is InChI=1S/C15H22N2O/c1-2-10-18-15-11-14(8-9-16-15)17-12-4-3-5-13(17)7-6-12/h8-9,11-13H,2-7,10H2,1H3. The van der Waals surface area contributed by atoms with Crippen molar-refractivity contribution < 1.29 is 4.74 Å². The van der Waals surface area contributed by atoms with Gasteiger partial charge >= 0.3 is 0 Å². The summed E-state index contributed by atoms with van der Waals surface area (Å²) in [5, 5.41) is 0. The van der Waals surface area contributed by atoms with Gasteiger partial charge in [0, 0.05) is 30.0 Å². The monoisotopic (exact) mass is 246 g/mol. The summed E-state index contributed by atoms with van der Waals surface area (Å²) in [4.78, 5) is 6.91. The van der Waals surface area contributed by atoms with Crippen molar-refractivity contribution >= 4 is 5.69 Å². The second-order valence-electron chi connectivity index (χ2n) is 5.42. The average molecular weight is 246 g/mol. The Morgan fingerprint density at radius 2 is 2.06 bits per heavy atom. The third-order valence-corrected chi connectivity index (χ3v) is 4.17. The van der Waals surface area contributed by atoms with Crippen molar-refractivity contribution in [1.82, 2.24) is 4.98 Å². The molecule has 2 bridgehead atoms. The number of nitrogens with zero attached hydrogens (tertiary/aromatic N) is 2. The molecule has 0 aromatic carbocycles. The molecular formula is C15H22N2O. The van der Waals surface area contributed by atoms with Crippen LogP contribution in [-0.4, -0.2) is 23.7 Å². The molecule has 0 aliphatic carbocycles. The topological polar surface area (TPSA) is 25.4 Å². The minimum Gasteiger partial charge on any atom is -0.478 e. The first-order chi connectivity index (χ1) is 8.88. The Labute approximate surface area is 109 Å². The van der Waals surface area contributed by atoms with E-state index in [-0.39, 0.29) is 0 Å². The van der Waals surface area contributed by atoms with Crippen LogP contribution in [0, 0.1) is 0 Å². The van der Waals surface area contributed by atoms with Gasteiger partial charge in [-0.3, -0.25) is 0 Å². The van der Waals surface area contributed by atoms with Gasteiger partial charge in [-0.2, -0.15) is 0 Å². The summed E-state index contributed by atoms with van der Waals surface area (Å²) in [5.74, 6) is 0.777. The molecule has 2 aliphatic rings. The third kappa shape index (κ3) is 2.18. The van der Waals surface area contributed by atoms with Gasteiger partial charge in [-0.05, 0) is 44.6 Å². The Bertz CT molecular complexity index is 391. The molecule has 1 aromatic rings. The van der Waals surface area contributed by atoms with Crippen molar-refractivity contribution in [1.29, 1.82) is 0 Å². The molecule has 3 heterocycles. The Hall–Kier alpha value is -1.25. The van der Waals surface area contributed by atoms with Crippen LogP contribution in [0.1, 0.15) is 45.4 Å². The maximum atomic E-state index is 5.64. The van der Waals surface area contributed by atoms with Gasteiger partial charge in [-0.15, -0.1) is 0 Å². The Balaban J connectivity index is 1.79. The zero-order valence-electron chi connectivity index (χ0n) is 11.1. The van der Waals surface area contributed by atoms with Gasteiger partial charge in [0.2, 0.25) is 5.88 Å². The summed E-state index contributed by atoms with van der Waals surface area (Å²) in [6, 6.07) is 5.76. The predicted molar refractivity (Wildman–Crippen MR) is 73.2 cm³/mol. The first-order valence-electron chi connectivity index (χ1n) is 7.25. The van der Waals surface area contributed by atoms with Crippen LogP contribution in [0.15, 0.2) is 18.3 Å². The third-order valence-electron chi connectivity index (χ3n) is 4.17. The molecule has 0 amide bonds. The minimum absolute atomic E-state index is 0.753. The fourth-order valence-electron chi connectivity index (χ4n) is 3.38. The highest BCUT2D eigenvalue weighted by molar-refractivity contribution is 5.51. The van der Waals surface area contributed by atoms with Gasteiger partial charge in [0.15, 0.2) is 0 Å². The molecule has 2 saturated heterocycles. The van der Waals surface area contributed by atoms with Crippen LogP contribution in [0.3, 0.4) is 0 Å². The van der Waals surface area contributed by atoms with Gasteiger partial charge in [-0.1, -0.05) is 6.92 Å². The molecule has 2 atom stereocenters. The number of pyridine rings is 1. The molecule has 0 N–H and O–H groups in total. The van der Waals surface area contributed by atoms with Gasteiger partial charge < -0.3 is 9.64 Å². The molecule has 2 aliphatic heterocycles. The fourth-order valence-corrected chi connectivity index (χ4v) is 3.38. The summed E-state index contributed by atoms with van der Waals surface area (Å²) in [7, 11) is 0. The van der Waals surface area contributed by atoms with E-state index in [1.54, 1.807) is 0 Å². The SMILES string of the molecule is CCCOc1cc(N2C3CCCC2CC3)ccn1. The quantitative estimate of drug-likeness (QED) is 0.814. The first-order valence-corrected chi connectivity index (χ1v) is 7.25. The largest absolute Gasteiger partial charge is 0.478 e. The second kappa shape index (κ2) is 5.17. The summed E-state index contributed by atoms with van der Waals surface area (Å²) >= 11 is 0. The average Bonchev–Trinajstić information content (AvgIpc) is 2.66. The highest BCUT2D eigenvalue weighted by atomic mass is 16.5. The van der Waals surface area contributed by atoms with Crippen molar-refractivity contribution in [2.45, 2.75) is 57.5 Å². The van der Waals surface area contributed by atoms with E-state index in [0.717, 1.165) is 31.0 Å². The number of ether oxygens (including phenoxy) is 1. The van der Waals surface area contributed by atoms with E-state index in [9.17, 15) is 0 Å². The molecule has 2 unspecified atom stereocenters. The minimum atomic E-state index is 0.753. The van der Waals surface area contributed by atoms with Crippen LogP contribution in [0.25, 0.3) is 0 Å². The van der Waals surface area contributed by atoms with E-state index in [1.807, 2.05) is 6.20 Å². The molecule has 1 aromatic heterocycles. The molecule has 18 heavy (non-hydrogen) atoms. The molecule has 0 spiro atoms. The molecule has 0 radical (unpaired) electrons.